The first-order chi connectivity index (χ1) is 10.1. The Kier molecular flexibility index (Phi) is 3.76. The molecule has 2 N–H and O–H groups in total. The van der Waals surface area contributed by atoms with E-state index < -0.39 is 0 Å². The molecule has 1 unspecified atom stereocenters. The number of nitrogens with one attached hydrogen (secondary N) is 2. The van der Waals surface area contributed by atoms with Gasteiger partial charge in [-0.1, -0.05) is 42.5 Å². The molecule has 1 atom stereocenters. The van der Waals surface area contributed by atoms with Gasteiger partial charge in [-0.2, -0.15) is 0 Å². The van der Waals surface area contributed by atoms with Crippen molar-refractivity contribution in [1.82, 2.24) is 5.32 Å². The van der Waals surface area contributed by atoms with E-state index in [0.717, 1.165) is 29.8 Å². The molecule has 0 fully saturated rings. The van der Waals surface area contributed by atoms with E-state index in [0.29, 0.717) is 0 Å². The number of para-hydroxylation sites is 1. The van der Waals surface area contributed by atoms with Gasteiger partial charge in [0.1, 0.15) is 0 Å². The zero-order valence-corrected chi connectivity index (χ0v) is 12.4. The monoisotopic (exact) mass is 280 g/mol. The maximum atomic E-state index is 12.5. The molecule has 0 spiro atoms. The van der Waals surface area contributed by atoms with Gasteiger partial charge in [0.2, 0.25) is 5.91 Å². The lowest BCUT2D eigenvalue weighted by Crippen LogP contribution is -2.44. The summed E-state index contributed by atoms with van der Waals surface area (Å²) >= 11 is 0. The van der Waals surface area contributed by atoms with Crippen LogP contribution in [0.2, 0.25) is 0 Å². The molecule has 0 saturated carbocycles. The second kappa shape index (κ2) is 5.70. The Balaban J connectivity index is 1.76. The number of carbonyl (C=O) groups excluding carboxylic acids is 1. The molecular formula is C18H20N2O. The van der Waals surface area contributed by atoms with Crippen LogP contribution in [-0.2, 0) is 17.8 Å². The summed E-state index contributed by atoms with van der Waals surface area (Å²) in [6, 6.07) is 14.2. The first-order valence-electron chi connectivity index (χ1n) is 7.32. The second-order valence-corrected chi connectivity index (χ2v) is 5.66. The fourth-order valence-corrected chi connectivity index (χ4v) is 2.86. The third-order valence-electron chi connectivity index (χ3n) is 4.13. The third kappa shape index (κ3) is 2.83. The molecule has 1 aliphatic heterocycles. The van der Waals surface area contributed by atoms with Crippen molar-refractivity contribution in [3.05, 3.63) is 64.7 Å². The zero-order chi connectivity index (χ0) is 14.8. The lowest BCUT2D eigenvalue weighted by molar-refractivity contribution is -0.118. The van der Waals surface area contributed by atoms with E-state index in [1.165, 1.54) is 11.1 Å². The van der Waals surface area contributed by atoms with E-state index in [2.05, 4.69) is 22.8 Å². The van der Waals surface area contributed by atoms with Gasteiger partial charge in [0.25, 0.3) is 0 Å². The van der Waals surface area contributed by atoms with E-state index >= 15 is 0 Å². The van der Waals surface area contributed by atoms with Crippen LogP contribution >= 0.6 is 0 Å². The smallest absolute Gasteiger partial charge is 0.241 e. The Hall–Kier alpha value is -2.13. The Bertz CT molecular complexity index is 658. The number of carbonyl (C=O) groups is 1. The highest BCUT2D eigenvalue weighted by Crippen LogP contribution is 2.21. The van der Waals surface area contributed by atoms with E-state index in [9.17, 15) is 4.79 Å². The molecule has 1 aliphatic rings. The quantitative estimate of drug-likeness (QED) is 0.888. The number of fused-ring (bicyclic) bond motifs is 1. The lowest BCUT2D eigenvalue weighted by Gasteiger charge is -2.26. The number of rotatable bonds is 2. The molecule has 0 saturated heterocycles. The van der Waals surface area contributed by atoms with E-state index in [4.69, 9.17) is 0 Å². The molecule has 0 aliphatic carbocycles. The Morgan fingerprint density at radius 3 is 2.43 bits per heavy atom. The van der Waals surface area contributed by atoms with Crippen LogP contribution in [0.25, 0.3) is 0 Å². The molecular weight excluding hydrogens is 260 g/mol. The predicted octanol–water partition coefficient (Wildman–Crippen LogP) is 2.96. The molecule has 0 aromatic heterocycles. The molecule has 3 heteroatoms. The number of hydrogen-bond donors (Lipinski definition) is 2. The Labute approximate surface area is 125 Å². The number of amides is 1. The van der Waals surface area contributed by atoms with Gasteiger partial charge in [0, 0.05) is 12.2 Å². The van der Waals surface area contributed by atoms with Crippen LogP contribution in [0.5, 0.6) is 0 Å². The normalized spacial score (nSPS) is 17.1. The minimum absolute atomic E-state index is 0.0434. The molecule has 21 heavy (non-hydrogen) atoms. The topological polar surface area (TPSA) is 41.1 Å². The van der Waals surface area contributed by atoms with E-state index in [1.807, 2.05) is 44.2 Å². The summed E-state index contributed by atoms with van der Waals surface area (Å²) in [5, 5.41) is 6.40. The van der Waals surface area contributed by atoms with Crippen molar-refractivity contribution in [3.63, 3.8) is 0 Å². The molecule has 3 nitrogen and oxygen atoms in total. The number of hydrogen-bond acceptors (Lipinski definition) is 2. The summed E-state index contributed by atoms with van der Waals surface area (Å²) in [5.74, 6) is 0.0434. The summed E-state index contributed by atoms with van der Waals surface area (Å²) < 4.78 is 0. The van der Waals surface area contributed by atoms with Crippen molar-refractivity contribution in [1.29, 1.82) is 0 Å². The van der Waals surface area contributed by atoms with Crippen molar-refractivity contribution >= 4 is 11.6 Å². The number of aryl methyl sites for hydroxylation is 2. The van der Waals surface area contributed by atoms with Gasteiger partial charge in [-0.3, -0.25) is 4.79 Å². The summed E-state index contributed by atoms with van der Waals surface area (Å²) in [7, 11) is 0. The molecule has 2 aromatic carbocycles. The lowest BCUT2D eigenvalue weighted by atomic mass is 9.95. The standard InChI is InChI=1S/C18H20N2O/c1-12-6-5-7-13(2)17(12)20-18(21)16-10-14-8-3-4-9-15(14)11-19-16/h3-9,16,19H,10-11H2,1-2H3,(H,20,21). The highest BCUT2D eigenvalue weighted by molar-refractivity contribution is 5.96. The van der Waals surface area contributed by atoms with Gasteiger partial charge in [0.15, 0.2) is 0 Å². The van der Waals surface area contributed by atoms with E-state index in [1.54, 1.807) is 0 Å². The van der Waals surface area contributed by atoms with Gasteiger partial charge < -0.3 is 10.6 Å². The summed E-state index contributed by atoms with van der Waals surface area (Å²) in [6.07, 6.45) is 0.743. The van der Waals surface area contributed by atoms with Crippen LogP contribution in [0.3, 0.4) is 0 Å². The second-order valence-electron chi connectivity index (χ2n) is 5.66. The molecule has 3 rings (SSSR count). The first kappa shape index (κ1) is 13.8. The van der Waals surface area contributed by atoms with Gasteiger partial charge in [-0.25, -0.2) is 0 Å². The Morgan fingerprint density at radius 2 is 1.71 bits per heavy atom. The van der Waals surface area contributed by atoms with Crippen molar-refractivity contribution < 1.29 is 4.79 Å². The van der Waals surface area contributed by atoms with Crippen LogP contribution in [0.1, 0.15) is 22.3 Å². The highest BCUT2D eigenvalue weighted by Gasteiger charge is 2.24. The van der Waals surface area contributed by atoms with Crippen molar-refractivity contribution in [2.24, 2.45) is 0 Å². The summed E-state index contributed by atoms with van der Waals surface area (Å²) in [4.78, 5) is 12.5. The van der Waals surface area contributed by atoms with Crippen LogP contribution in [-0.4, -0.2) is 11.9 Å². The van der Waals surface area contributed by atoms with E-state index in [-0.39, 0.29) is 11.9 Å². The largest absolute Gasteiger partial charge is 0.324 e. The molecule has 0 bridgehead atoms. The van der Waals surface area contributed by atoms with Crippen LogP contribution in [0.15, 0.2) is 42.5 Å². The average Bonchev–Trinajstić information content (AvgIpc) is 2.50. The molecule has 108 valence electrons. The SMILES string of the molecule is Cc1cccc(C)c1NC(=O)C1Cc2ccccc2CN1. The summed E-state index contributed by atoms with van der Waals surface area (Å²) in [6.45, 7) is 4.79. The fourth-order valence-electron chi connectivity index (χ4n) is 2.86. The maximum Gasteiger partial charge on any atom is 0.241 e. The first-order valence-corrected chi connectivity index (χ1v) is 7.32. The van der Waals surface area contributed by atoms with Crippen molar-refractivity contribution in [2.75, 3.05) is 5.32 Å². The van der Waals surface area contributed by atoms with Crippen LogP contribution in [0, 0.1) is 13.8 Å². The van der Waals surface area contributed by atoms with Crippen molar-refractivity contribution in [2.45, 2.75) is 32.9 Å². The van der Waals surface area contributed by atoms with Gasteiger partial charge in [-0.15, -0.1) is 0 Å². The van der Waals surface area contributed by atoms with Gasteiger partial charge in [0.05, 0.1) is 6.04 Å². The average molecular weight is 280 g/mol. The molecule has 1 heterocycles. The third-order valence-corrected chi connectivity index (χ3v) is 4.13. The molecule has 2 aromatic rings. The van der Waals surface area contributed by atoms with Crippen LogP contribution < -0.4 is 10.6 Å². The number of benzene rings is 2. The minimum Gasteiger partial charge on any atom is -0.324 e. The van der Waals surface area contributed by atoms with Crippen LogP contribution in [0.4, 0.5) is 5.69 Å². The fraction of sp³-hybridized carbons (Fsp3) is 0.278. The summed E-state index contributed by atoms with van der Waals surface area (Å²) in [5.41, 5.74) is 5.67. The number of anilines is 1. The molecule has 0 radical (unpaired) electrons. The van der Waals surface area contributed by atoms with Gasteiger partial charge >= 0.3 is 0 Å². The minimum atomic E-state index is -0.168. The maximum absolute atomic E-state index is 12.5. The predicted molar refractivity (Wildman–Crippen MR) is 85.3 cm³/mol. The Morgan fingerprint density at radius 1 is 1.05 bits per heavy atom. The molecule has 1 amide bonds. The van der Waals surface area contributed by atoms with Crippen molar-refractivity contribution in [3.8, 4) is 0 Å². The van der Waals surface area contributed by atoms with Gasteiger partial charge in [-0.05, 0) is 42.5 Å². The highest BCUT2D eigenvalue weighted by atomic mass is 16.2. The zero-order valence-electron chi connectivity index (χ0n) is 12.4.